The zero-order valence-corrected chi connectivity index (χ0v) is 13.7. The number of nitrogens with one attached hydrogen (secondary N) is 1. The summed E-state index contributed by atoms with van der Waals surface area (Å²) in [6.07, 6.45) is 3.07. The Morgan fingerprint density at radius 2 is 2.26 bits per heavy atom. The SMILES string of the molecule is CCc1nn(CC(=O)NCC2CC2)c(=O)c2cc3sccc3n12. The van der Waals surface area contributed by atoms with Crippen LogP contribution in [0.15, 0.2) is 22.3 Å². The summed E-state index contributed by atoms with van der Waals surface area (Å²) in [5, 5.41) is 9.31. The molecule has 0 radical (unpaired) electrons. The molecule has 1 fully saturated rings. The van der Waals surface area contributed by atoms with Crippen molar-refractivity contribution >= 4 is 33.0 Å². The molecule has 1 saturated carbocycles. The Labute approximate surface area is 136 Å². The first kappa shape index (κ1) is 14.4. The van der Waals surface area contributed by atoms with E-state index in [9.17, 15) is 9.59 Å². The molecule has 0 aromatic carbocycles. The standard InChI is InChI=1S/C16H18N4O2S/c1-2-14-18-19(9-15(21)17-8-10-3-4-10)16(22)12-7-13-11(20(12)14)5-6-23-13/h5-7,10H,2-4,8-9H2,1H3,(H,17,21). The summed E-state index contributed by atoms with van der Waals surface area (Å²) in [7, 11) is 0. The lowest BCUT2D eigenvalue weighted by Gasteiger charge is -2.10. The van der Waals surface area contributed by atoms with Gasteiger partial charge in [0.05, 0.1) is 10.2 Å². The number of aryl methyl sites for hydroxylation is 1. The quantitative estimate of drug-likeness (QED) is 0.775. The van der Waals surface area contributed by atoms with Gasteiger partial charge in [0.2, 0.25) is 5.91 Å². The van der Waals surface area contributed by atoms with Crippen LogP contribution < -0.4 is 10.9 Å². The molecular formula is C16H18N4O2S. The summed E-state index contributed by atoms with van der Waals surface area (Å²) < 4.78 is 4.27. The number of hydrogen-bond donors (Lipinski definition) is 1. The highest BCUT2D eigenvalue weighted by Gasteiger charge is 2.22. The molecule has 3 aromatic rings. The van der Waals surface area contributed by atoms with Gasteiger partial charge in [-0.05, 0) is 36.3 Å². The number of carbonyl (C=O) groups excluding carboxylic acids is 1. The summed E-state index contributed by atoms with van der Waals surface area (Å²) in [6, 6.07) is 3.89. The molecule has 1 aliphatic carbocycles. The van der Waals surface area contributed by atoms with E-state index in [1.807, 2.05) is 28.8 Å². The van der Waals surface area contributed by atoms with Crippen molar-refractivity contribution in [3.63, 3.8) is 0 Å². The zero-order chi connectivity index (χ0) is 16.0. The highest BCUT2D eigenvalue weighted by molar-refractivity contribution is 7.17. The van der Waals surface area contributed by atoms with Crippen molar-refractivity contribution < 1.29 is 4.79 Å². The Bertz CT molecular complexity index is 948. The number of nitrogens with zero attached hydrogens (tertiary/aromatic N) is 3. The maximum absolute atomic E-state index is 12.7. The van der Waals surface area contributed by atoms with E-state index < -0.39 is 0 Å². The average molecular weight is 330 g/mol. The fourth-order valence-corrected chi connectivity index (χ4v) is 3.63. The number of rotatable bonds is 5. The molecule has 1 aliphatic rings. The van der Waals surface area contributed by atoms with Crippen LogP contribution in [0.4, 0.5) is 0 Å². The second-order valence-electron chi connectivity index (χ2n) is 6.02. The van der Waals surface area contributed by atoms with Crippen LogP contribution in [-0.2, 0) is 17.8 Å². The molecule has 23 heavy (non-hydrogen) atoms. The summed E-state index contributed by atoms with van der Waals surface area (Å²) in [5.74, 6) is 1.27. The Morgan fingerprint density at radius 1 is 1.43 bits per heavy atom. The molecule has 3 heterocycles. The van der Waals surface area contributed by atoms with E-state index in [-0.39, 0.29) is 18.0 Å². The first-order valence-corrected chi connectivity index (χ1v) is 8.80. The molecule has 0 atom stereocenters. The van der Waals surface area contributed by atoms with Crippen LogP contribution in [-0.4, -0.2) is 26.6 Å². The topological polar surface area (TPSA) is 68.4 Å². The van der Waals surface area contributed by atoms with Gasteiger partial charge in [0.15, 0.2) is 0 Å². The van der Waals surface area contributed by atoms with Gasteiger partial charge in [-0.2, -0.15) is 5.10 Å². The van der Waals surface area contributed by atoms with Gasteiger partial charge in [-0.15, -0.1) is 11.3 Å². The van der Waals surface area contributed by atoms with Crippen molar-refractivity contribution in [2.24, 2.45) is 5.92 Å². The number of fused-ring (bicyclic) bond motifs is 3. The molecule has 0 bridgehead atoms. The van der Waals surface area contributed by atoms with E-state index in [1.165, 1.54) is 17.5 Å². The number of aromatic nitrogens is 3. The van der Waals surface area contributed by atoms with Gasteiger partial charge in [0.25, 0.3) is 5.56 Å². The molecule has 1 amide bonds. The van der Waals surface area contributed by atoms with Gasteiger partial charge < -0.3 is 5.32 Å². The van der Waals surface area contributed by atoms with Crippen molar-refractivity contribution in [3.8, 4) is 0 Å². The second-order valence-corrected chi connectivity index (χ2v) is 6.96. The molecule has 1 N–H and O–H groups in total. The van der Waals surface area contributed by atoms with Crippen molar-refractivity contribution in [1.29, 1.82) is 0 Å². The monoisotopic (exact) mass is 330 g/mol. The zero-order valence-electron chi connectivity index (χ0n) is 12.9. The van der Waals surface area contributed by atoms with Crippen molar-refractivity contribution in [3.05, 3.63) is 33.7 Å². The number of amides is 1. The van der Waals surface area contributed by atoms with Crippen LogP contribution >= 0.6 is 11.3 Å². The van der Waals surface area contributed by atoms with Gasteiger partial charge in [-0.25, -0.2) is 4.68 Å². The third kappa shape index (κ3) is 2.55. The maximum Gasteiger partial charge on any atom is 0.291 e. The predicted molar refractivity (Wildman–Crippen MR) is 89.9 cm³/mol. The minimum Gasteiger partial charge on any atom is -0.354 e. The van der Waals surface area contributed by atoms with Crippen LogP contribution in [0.25, 0.3) is 15.7 Å². The van der Waals surface area contributed by atoms with E-state index in [2.05, 4.69) is 10.4 Å². The lowest BCUT2D eigenvalue weighted by Crippen LogP contribution is -2.36. The van der Waals surface area contributed by atoms with E-state index in [4.69, 9.17) is 0 Å². The summed E-state index contributed by atoms with van der Waals surface area (Å²) in [6.45, 7) is 2.69. The molecule has 6 nitrogen and oxygen atoms in total. The molecule has 3 aromatic heterocycles. The summed E-state index contributed by atoms with van der Waals surface area (Å²) in [4.78, 5) is 24.7. The molecular weight excluding hydrogens is 312 g/mol. The van der Waals surface area contributed by atoms with Crippen LogP contribution in [0, 0.1) is 5.92 Å². The predicted octanol–water partition coefficient (Wildman–Crippen LogP) is 1.80. The average Bonchev–Trinajstić information content (AvgIpc) is 3.14. The normalized spacial score (nSPS) is 14.7. The molecule has 4 rings (SSSR count). The first-order chi connectivity index (χ1) is 11.2. The van der Waals surface area contributed by atoms with Crippen LogP contribution in [0.1, 0.15) is 25.6 Å². The van der Waals surface area contributed by atoms with E-state index in [0.717, 1.165) is 16.0 Å². The third-order valence-electron chi connectivity index (χ3n) is 4.27. The Balaban J connectivity index is 1.72. The molecule has 0 aliphatic heterocycles. The number of hydrogen-bond acceptors (Lipinski definition) is 4. The first-order valence-electron chi connectivity index (χ1n) is 7.92. The van der Waals surface area contributed by atoms with Crippen LogP contribution in [0.5, 0.6) is 0 Å². The number of carbonyl (C=O) groups is 1. The lowest BCUT2D eigenvalue weighted by atomic mass is 10.4. The largest absolute Gasteiger partial charge is 0.354 e. The van der Waals surface area contributed by atoms with Crippen molar-refractivity contribution in [2.75, 3.05) is 6.54 Å². The summed E-state index contributed by atoms with van der Waals surface area (Å²) >= 11 is 1.60. The van der Waals surface area contributed by atoms with Gasteiger partial charge >= 0.3 is 0 Å². The fraction of sp³-hybridized carbons (Fsp3) is 0.438. The molecule has 7 heteroatoms. The smallest absolute Gasteiger partial charge is 0.291 e. The van der Waals surface area contributed by atoms with Gasteiger partial charge in [0, 0.05) is 13.0 Å². The minimum atomic E-state index is -0.216. The molecule has 120 valence electrons. The van der Waals surface area contributed by atoms with Crippen molar-refractivity contribution in [1.82, 2.24) is 19.5 Å². The third-order valence-corrected chi connectivity index (χ3v) is 5.12. The Kier molecular flexibility index (Phi) is 3.45. The highest BCUT2D eigenvalue weighted by Crippen LogP contribution is 2.27. The second kappa shape index (κ2) is 5.49. The Hall–Kier alpha value is -2.15. The van der Waals surface area contributed by atoms with Crippen molar-refractivity contribution in [2.45, 2.75) is 32.7 Å². The fourth-order valence-electron chi connectivity index (χ4n) is 2.83. The lowest BCUT2D eigenvalue weighted by molar-refractivity contribution is -0.121. The number of thiophene rings is 1. The van der Waals surface area contributed by atoms with Gasteiger partial charge in [-0.3, -0.25) is 14.0 Å². The summed E-state index contributed by atoms with van der Waals surface area (Å²) in [5.41, 5.74) is 1.39. The highest BCUT2D eigenvalue weighted by atomic mass is 32.1. The molecule has 0 unspecified atom stereocenters. The van der Waals surface area contributed by atoms with Crippen LogP contribution in [0.3, 0.4) is 0 Å². The molecule has 0 spiro atoms. The van der Waals surface area contributed by atoms with E-state index in [0.29, 0.717) is 24.4 Å². The van der Waals surface area contributed by atoms with E-state index in [1.54, 1.807) is 11.3 Å². The van der Waals surface area contributed by atoms with Gasteiger partial charge in [0.1, 0.15) is 17.9 Å². The van der Waals surface area contributed by atoms with Gasteiger partial charge in [-0.1, -0.05) is 6.92 Å². The minimum absolute atomic E-state index is 0.0200. The Morgan fingerprint density at radius 3 is 3.00 bits per heavy atom. The molecule has 0 saturated heterocycles. The van der Waals surface area contributed by atoms with Crippen LogP contribution in [0.2, 0.25) is 0 Å². The van der Waals surface area contributed by atoms with E-state index >= 15 is 0 Å². The maximum atomic E-state index is 12.7.